The van der Waals surface area contributed by atoms with Gasteiger partial charge in [-0.2, -0.15) is 0 Å². The largest absolute Gasteiger partial charge is 0.456 e. The molecule has 2 heteroatoms. The predicted octanol–water partition coefficient (Wildman–Crippen LogP) is 12.2. The highest BCUT2D eigenvalue weighted by atomic mass is 16.5. The number of aromatic nitrogens is 1. The first-order valence-electron chi connectivity index (χ1n) is 15.8. The molecule has 2 nitrogen and oxygen atoms in total. The molecule has 0 saturated heterocycles. The number of hydrogen-bond donors (Lipinski definition) is 0. The number of nitrogens with zero attached hydrogens (tertiary/aromatic N) is 1. The first kappa shape index (κ1) is 25.2. The molecule has 1 aliphatic rings. The Labute approximate surface area is 266 Å². The summed E-state index contributed by atoms with van der Waals surface area (Å²) in [6, 6.07) is 59.0. The van der Waals surface area contributed by atoms with Crippen molar-refractivity contribution in [3.63, 3.8) is 0 Å². The molecule has 0 N–H and O–H groups in total. The Bertz CT molecular complexity index is 2660. The number of benzene rings is 8. The summed E-state index contributed by atoms with van der Waals surface area (Å²) in [6.45, 7) is 0. The van der Waals surface area contributed by atoms with E-state index in [-0.39, 0.29) is 0 Å². The lowest BCUT2D eigenvalue weighted by molar-refractivity contribution is 0.487. The summed E-state index contributed by atoms with van der Waals surface area (Å²) in [5.74, 6) is 1.83. The van der Waals surface area contributed by atoms with E-state index in [4.69, 9.17) is 4.74 Å². The standard InChI is InChI=1S/C44H27NO/c1-2-12-32(13-3-1)45-40-18-6-4-14-35(40)39-23-21-31-27-29(20-22-34(31)44(39)45)28-10-8-11-30(26-28)33-24-25-42-43-37(33)16-9-17-38(43)36-15-5-7-19-41(36)46-42/h1-27H. The second-order valence-corrected chi connectivity index (χ2v) is 12.1. The highest BCUT2D eigenvalue weighted by Crippen LogP contribution is 2.48. The maximum Gasteiger partial charge on any atom is 0.135 e. The van der Waals surface area contributed by atoms with Crippen LogP contribution in [0, 0.1) is 0 Å². The van der Waals surface area contributed by atoms with E-state index in [0.717, 1.165) is 17.1 Å². The molecule has 0 amide bonds. The summed E-state index contributed by atoms with van der Waals surface area (Å²) in [4.78, 5) is 0. The summed E-state index contributed by atoms with van der Waals surface area (Å²) in [7, 11) is 0. The van der Waals surface area contributed by atoms with Gasteiger partial charge in [-0.05, 0) is 81.1 Å². The molecular formula is C44H27NO. The van der Waals surface area contributed by atoms with Crippen molar-refractivity contribution in [3.8, 4) is 50.6 Å². The number of para-hydroxylation sites is 3. The van der Waals surface area contributed by atoms with Crippen LogP contribution in [0.25, 0.3) is 82.4 Å². The molecule has 1 aromatic heterocycles. The fraction of sp³-hybridized carbons (Fsp3) is 0. The van der Waals surface area contributed by atoms with Crippen molar-refractivity contribution in [2.45, 2.75) is 0 Å². The fourth-order valence-electron chi connectivity index (χ4n) is 7.51. The zero-order valence-electron chi connectivity index (χ0n) is 24.9. The third-order valence-electron chi connectivity index (χ3n) is 9.57. The van der Waals surface area contributed by atoms with Crippen molar-refractivity contribution < 1.29 is 4.74 Å². The molecule has 0 radical (unpaired) electrons. The summed E-state index contributed by atoms with van der Waals surface area (Å²) in [6.07, 6.45) is 0. The Kier molecular flexibility index (Phi) is 5.31. The van der Waals surface area contributed by atoms with E-state index in [2.05, 4.69) is 156 Å². The smallest absolute Gasteiger partial charge is 0.135 e. The molecule has 0 atom stereocenters. The van der Waals surface area contributed by atoms with Gasteiger partial charge in [-0.15, -0.1) is 0 Å². The van der Waals surface area contributed by atoms with E-state index in [9.17, 15) is 0 Å². The van der Waals surface area contributed by atoms with E-state index >= 15 is 0 Å². The molecule has 0 saturated carbocycles. The molecule has 0 fully saturated rings. The quantitative estimate of drug-likeness (QED) is 0.201. The van der Waals surface area contributed by atoms with Crippen LogP contribution >= 0.6 is 0 Å². The highest BCUT2D eigenvalue weighted by molar-refractivity contribution is 6.19. The second-order valence-electron chi connectivity index (χ2n) is 12.1. The van der Waals surface area contributed by atoms with Gasteiger partial charge in [0, 0.05) is 32.8 Å². The van der Waals surface area contributed by atoms with E-state index in [1.165, 1.54) is 76.9 Å². The van der Waals surface area contributed by atoms with Crippen LogP contribution in [0.4, 0.5) is 0 Å². The maximum atomic E-state index is 6.36. The van der Waals surface area contributed by atoms with Crippen LogP contribution in [0.3, 0.4) is 0 Å². The third-order valence-corrected chi connectivity index (χ3v) is 9.57. The van der Waals surface area contributed by atoms with Gasteiger partial charge in [0.25, 0.3) is 0 Å². The molecule has 9 aromatic rings. The Morgan fingerprint density at radius 1 is 0.391 bits per heavy atom. The number of ether oxygens (including phenoxy) is 1. The highest BCUT2D eigenvalue weighted by Gasteiger charge is 2.21. The van der Waals surface area contributed by atoms with Crippen molar-refractivity contribution in [2.24, 2.45) is 0 Å². The van der Waals surface area contributed by atoms with Crippen LogP contribution in [-0.4, -0.2) is 4.57 Å². The van der Waals surface area contributed by atoms with Crippen molar-refractivity contribution in [2.75, 3.05) is 0 Å². The molecule has 2 heterocycles. The van der Waals surface area contributed by atoms with Crippen LogP contribution in [-0.2, 0) is 0 Å². The zero-order valence-corrected chi connectivity index (χ0v) is 24.9. The Balaban J connectivity index is 1.13. The number of hydrogen-bond acceptors (Lipinski definition) is 1. The van der Waals surface area contributed by atoms with Gasteiger partial charge in [0.2, 0.25) is 0 Å². The lowest BCUT2D eigenvalue weighted by Gasteiger charge is -2.22. The van der Waals surface area contributed by atoms with E-state index < -0.39 is 0 Å². The minimum Gasteiger partial charge on any atom is -0.456 e. The van der Waals surface area contributed by atoms with E-state index in [1.807, 2.05) is 12.1 Å². The van der Waals surface area contributed by atoms with Gasteiger partial charge >= 0.3 is 0 Å². The summed E-state index contributed by atoms with van der Waals surface area (Å²) in [5, 5.41) is 7.41. The molecule has 0 spiro atoms. The van der Waals surface area contributed by atoms with Crippen LogP contribution in [0.15, 0.2) is 164 Å². The average molecular weight is 586 g/mol. The van der Waals surface area contributed by atoms with Gasteiger partial charge in [-0.3, -0.25) is 0 Å². The van der Waals surface area contributed by atoms with Crippen molar-refractivity contribution in [1.29, 1.82) is 0 Å². The summed E-state index contributed by atoms with van der Waals surface area (Å²) in [5.41, 5.74) is 10.8. The molecule has 0 unspecified atom stereocenters. The van der Waals surface area contributed by atoms with Gasteiger partial charge in [-0.25, -0.2) is 0 Å². The third kappa shape index (κ3) is 3.65. The molecule has 0 bridgehead atoms. The van der Waals surface area contributed by atoms with Gasteiger partial charge in [0.15, 0.2) is 0 Å². The molecule has 0 aliphatic carbocycles. The van der Waals surface area contributed by atoms with Crippen molar-refractivity contribution >= 4 is 43.4 Å². The van der Waals surface area contributed by atoms with Crippen LogP contribution in [0.5, 0.6) is 11.5 Å². The Hall–Kier alpha value is -6.12. The van der Waals surface area contributed by atoms with Gasteiger partial charge in [0.1, 0.15) is 11.5 Å². The molecule has 10 rings (SSSR count). The first-order chi connectivity index (χ1) is 22.8. The zero-order chi connectivity index (χ0) is 30.2. The topological polar surface area (TPSA) is 14.2 Å². The summed E-state index contributed by atoms with van der Waals surface area (Å²) >= 11 is 0. The minimum absolute atomic E-state index is 0.912. The Morgan fingerprint density at radius 3 is 2.09 bits per heavy atom. The minimum atomic E-state index is 0.912. The van der Waals surface area contributed by atoms with Crippen molar-refractivity contribution in [1.82, 2.24) is 4.57 Å². The van der Waals surface area contributed by atoms with Crippen LogP contribution in [0.2, 0.25) is 0 Å². The monoisotopic (exact) mass is 585 g/mol. The van der Waals surface area contributed by atoms with Gasteiger partial charge < -0.3 is 9.30 Å². The lowest BCUT2D eigenvalue weighted by atomic mass is 9.89. The molecule has 46 heavy (non-hydrogen) atoms. The summed E-state index contributed by atoms with van der Waals surface area (Å²) < 4.78 is 8.77. The molecule has 8 aromatic carbocycles. The van der Waals surface area contributed by atoms with Crippen molar-refractivity contribution in [3.05, 3.63) is 164 Å². The number of rotatable bonds is 3. The molecular weight excluding hydrogens is 558 g/mol. The van der Waals surface area contributed by atoms with E-state index in [1.54, 1.807) is 0 Å². The predicted molar refractivity (Wildman–Crippen MR) is 192 cm³/mol. The number of fused-ring (bicyclic) bond motifs is 7. The SMILES string of the molecule is c1ccc(-n2c3ccccc3c3ccc4cc(-c5cccc(-c6ccc7c8c(cccc68)-c6ccccc6O7)c5)ccc4c32)cc1. The van der Waals surface area contributed by atoms with Crippen LogP contribution < -0.4 is 4.74 Å². The molecule has 1 aliphatic heterocycles. The Morgan fingerprint density at radius 2 is 1.13 bits per heavy atom. The first-order valence-corrected chi connectivity index (χ1v) is 15.8. The normalized spacial score (nSPS) is 12.1. The van der Waals surface area contributed by atoms with Crippen LogP contribution in [0.1, 0.15) is 0 Å². The maximum absolute atomic E-state index is 6.36. The van der Waals surface area contributed by atoms with Gasteiger partial charge in [0.05, 0.1) is 11.0 Å². The molecule has 214 valence electrons. The average Bonchev–Trinajstić information content (AvgIpc) is 3.47. The van der Waals surface area contributed by atoms with E-state index in [0.29, 0.717) is 0 Å². The fourth-order valence-corrected chi connectivity index (χ4v) is 7.51. The second kappa shape index (κ2) is 9.69. The lowest BCUT2D eigenvalue weighted by Crippen LogP contribution is -1.97. The van der Waals surface area contributed by atoms with Gasteiger partial charge in [-0.1, -0.05) is 121 Å².